The summed E-state index contributed by atoms with van der Waals surface area (Å²) < 4.78 is 0. The molecule has 28 heavy (non-hydrogen) atoms. The van der Waals surface area contributed by atoms with Gasteiger partial charge >= 0.3 is 0 Å². The highest BCUT2D eigenvalue weighted by Gasteiger charge is 2.23. The van der Waals surface area contributed by atoms with Crippen molar-refractivity contribution in [1.29, 1.82) is 0 Å². The van der Waals surface area contributed by atoms with Crippen molar-refractivity contribution in [2.75, 3.05) is 43.3 Å². The van der Waals surface area contributed by atoms with Crippen molar-refractivity contribution < 1.29 is 4.79 Å². The smallest absolute Gasteiger partial charge is 0.195 e. The maximum absolute atomic E-state index is 13.3. The number of hydrogen-bond donors (Lipinski definition) is 1. The first-order valence-electron chi connectivity index (χ1n) is 9.15. The molecule has 142 valence electrons. The van der Waals surface area contributed by atoms with Gasteiger partial charge in [0, 0.05) is 60.5 Å². The lowest BCUT2D eigenvalue weighted by Gasteiger charge is -2.24. The third kappa shape index (κ3) is 3.34. The van der Waals surface area contributed by atoms with Gasteiger partial charge in [-0.05, 0) is 42.5 Å². The number of nitrogens with zero attached hydrogens (tertiary/aromatic N) is 2. The Morgan fingerprint density at radius 1 is 0.821 bits per heavy atom. The fourth-order valence-electron chi connectivity index (χ4n) is 3.25. The van der Waals surface area contributed by atoms with E-state index in [2.05, 4.69) is 34.5 Å². The number of anilines is 4. The van der Waals surface area contributed by atoms with Crippen LogP contribution in [0.2, 0.25) is 0 Å². The zero-order valence-electron chi connectivity index (χ0n) is 16.5. The van der Waals surface area contributed by atoms with Gasteiger partial charge in [-0.2, -0.15) is 0 Å². The highest BCUT2D eigenvalue weighted by atomic mass is 32.2. The Morgan fingerprint density at radius 3 is 2.29 bits per heavy atom. The molecule has 1 aliphatic rings. The summed E-state index contributed by atoms with van der Waals surface area (Å²) in [7, 11) is 8.03. The lowest BCUT2D eigenvalue weighted by Crippen LogP contribution is -2.12. The second kappa shape index (κ2) is 7.24. The van der Waals surface area contributed by atoms with Crippen LogP contribution in [0.25, 0.3) is 0 Å². The largest absolute Gasteiger partial charge is 0.378 e. The second-order valence-electron chi connectivity index (χ2n) is 7.25. The molecule has 1 heterocycles. The van der Waals surface area contributed by atoms with Gasteiger partial charge in [-0.3, -0.25) is 4.79 Å². The minimum atomic E-state index is 0.0296. The van der Waals surface area contributed by atoms with Gasteiger partial charge in [0.1, 0.15) is 0 Å². The van der Waals surface area contributed by atoms with Crippen LogP contribution < -0.4 is 15.1 Å². The molecule has 0 aromatic heterocycles. The first-order chi connectivity index (χ1) is 13.4. The second-order valence-corrected chi connectivity index (χ2v) is 8.34. The predicted octanol–water partition coefficient (Wildman–Crippen LogP) is 5.26. The minimum Gasteiger partial charge on any atom is -0.378 e. The van der Waals surface area contributed by atoms with E-state index in [4.69, 9.17) is 0 Å². The van der Waals surface area contributed by atoms with Crippen LogP contribution in [0.3, 0.4) is 0 Å². The standard InChI is InChI=1S/C23H23N3OS/c1-25(2)16-8-5-7-15(13-16)23(27)18-9-6-10-20-22(18)24-19-12-11-17(26(3)4)14-21(19)28-20/h5-14,24H,1-4H3. The van der Waals surface area contributed by atoms with E-state index in [0.717, 1.165) is 32.5 Å². The van der Waals surface area contributed by atoms with Crippen molar-refractivity contribution in [3.63, 3.8) is 0 Å². The van der Waals surface area contributed by atoms with E-state index in [0.29, 0.717) is 11.1 Å². The van der Waals surface area contributed by atoms with Crippen molar-refractivity contribution in [1.82, 2.24) is 0 Å². The number of ketones is 1. The lowest BCUT2D eigenvalue weighted by molar-refractivity contribution is 0.103. The topological polar surface area (TPSA) is 35.6 Å². The Balaban J connectivity index is 1.72. The van der Waals surface area contributed by atoms with Crippen molar-refractivity contribution in [2.45, 2.75) is 9.79 Å². The minimum absolute atomic E-state index is 0.0296. The molecular weight excluding hydrogens is 366 g/mol. The fraction of sp³-hybridized carbons (Fsp3) is 0.174. The summed E-state index contributed by atoms with van der Waals surface area (Å²) in [5.74, 6) is 0.0296. The van der Waals surface area contributed by atoms with E-state index >= 15 is 0 Å². The number of para-hydroxylation sites is 1. The molecule has 0 radical (unpaired) electrons. The zero-order chi connectivity index (χ0) is 19.8. The molecule has 0 atom stereocenters. The normalized spacial score (nSPS) is 11.9. The quantitative estimate of drug-likeness (QED) is 0.482. The summed E-state index contributed by atoms with van der Waals surface area (Å²) in [6.07, 6.45) is 0. The molecule has 0 unspecified atom stereocenters. The maximum atomic E-state index is 13.3. The van der Waals surface area contributed by atoms with E-state index in [9.17, 15) is 4.79 Å². The van der Waals surface area contributed by atoms with Crippen molar-refractivity contribution in [3.05, 3.63) is 71.8 Å². The van der Waals surface area contributed by atoms with Gasteiger partial charge in [-0.25, -0.2) is 0 Å². The van der Waals surface area contributed by atoms with Crippen LogP contribution in [0.4, 0.5) is 22.7 Å². The molecule has 0 fully saturated rings. The number of hydrogen-bond acceptors (Lipinski definition) is 5. The van der Waals surface area contributed by atoms with Gasteiger partial charge in [0.05, 0.1) is 11.4 Å². The summed E-state index contributed by atoms with van der Waals surface area (Å²) in [4.78, 5) is 19.6. The average Bonchev–Trinajstić information content (AvgIpc) is 2.70. The van der Waals surface area contributed by atoms with E-state index in [-0.39, 0.29) is 5.78 Å². The molecule has 1 N–H and O–H groups in total. The zero-order valence-corrected chi connectivity index (χ0v) is 17.3. The Labute approximate surface area is 170 Å². The Bertz CT molecular complexity index is 1060. The van der Waals surface area contributed by atoms with E-state index < -0.39 is 0 Å². The van der Waals surface area contributed by atoms with Crippen LogP contribution in [0.15, 0.2) is 70.5 Å². The molecule has 0 spiro atoms. The number of rotatable bonds is 4. The van der Waals surface area contributed by atoms with E-state index in [1.54, 1.807) is 11.8 Å². The van der Waals surface area contributed by atoms with Gasteiger partial charge in [-0.1, -0.05) is 30.0 Å². The number of carbonyl (C=O) groups is 1. The third-order valence-corrected chi connectivity index (χ3v) is 5.97. The van der Waals surface area contributed by atoms with Gasteiger partial charge in [0.15, 0.2) is 5.78 Å². The van der Waals surface area contributed by atoms with Gasteiger partial charge in [-0.15, -0.1) is 0 Å². The number of carbonyl (C=O) groups excluding carboxylic acids is 1. The van der Waals surface area contributed by atoms with E-state index in [1.165, 1.54) is 0 Å². The Hall–Kier alpha value is -2.92. The molecule has 5 heteroatoms. The highest BCUT2D eigenvalue weighted by Crippen LogP contribution is 2.46. The first kappa shape index (κ1) is 18.4. The number of nitrogens with one attached hydrogen (secondary N) is 1. The van der Waals surface area contributed by atoms with Crippen LogP contribution in [-0.4, -0.2) is 34.0 Å². The summed E-state index contributed by atoms with van der Waals surface area (Å²) in [6, 6.07) is 20.0. The lowest BCUT2D eigenvalue weighted by atomic mass is 10.0. The first-order valence-corrected chi connectivity index (χ1v) is 9.97. The van der Waals surface area contributed by atoms with E-state index in [1.807, 2.05) is 69.5 Å². The Morgan fingerprint density at radius 2 is 1.54 bits per heavy atom. The maximum Gasteiger partial charge on any atom is 0.195 e. The molecule has 0 amide bonds. The monoisotopic (exact) mass is 389 g/mol. The predicted molar refractivity (Wildman–Crippen MR) is 119 cm³/mol. The molecule has 3 aromatic rings. The van der Waals surface area contributed by atoms with Crippen molar-refractivity contribution in [3.8, 4) is 0 Å². The Kier molecular flexibility index (Phi) is 4.77. The highest BCUT2D eigenvalue weighted by molar-refractivity contribution is 7.99. The molecule has 0 aliphatic carbocycles. The summed E-state index contributed by atoms with van der Waals surface area (Å²) >= 11 is 1.70. The summed E-state index contributed by atoms with van der Waals surface area (Å²) in [5.41, 5.74) is 5.48. The van der Waals surface area contributed by atoms with Crippen molar-refractivity contribution >= 4 is 40.3 Å². The van der Waals surface area contributed by atoms with Crippen LogP contribution in [0.1, 0.15) is 15.9 Å². The molecule has 4 nitrogen and oxygen atoms in total. The number of fused-ring (bicyclic) bond motifs is 2. The molecule has 0 saturated carbocycles. The molecule has 3 aromatic carbocycles. The summed E-state index contributed by atoms with van der Waals surface area (Å²) in [6.45, 7) is 0. The molecular formula is C23H23N3OS. The molecule has 0 saturated heterocycles. The van der Waals surface area contributed by atoms with Crippen LogP contribution >= 0.6 is 11.8 Å². The fourth-order valence-corrected chi connectivity index (χ4v) is 4.30. The summed E-state index contributed by atoms with van der Waals surface area (Å²) in [5, 5.41) is 3.49. The molecule has 4 rings (SSSR count). The van der Waals surface area contributed by atoms with Gasteiger partial charge in [0.25, 0.3) is 0 Å². The average molecular weight is 390 g/mol. The van der Waals surface area contributed by atoms with Crippen LogP contribution in [0, 0.1) is 0 Å². The third-order valence-electron chi connectivity index (χ3n) is 4.86. The van der Waals surface area contributed by atoms with Crippen LogP contribution in [-0.2, 0) is 0 Å². The van der Waals surface area contributed by atoms with Crippen molar-refractivity contribution in [2.24, 2.45) is 0 Å². The number of benzene rings is 3. The molecule has 0 bridgehead atoms. The van der Waals surface area contributed by atoms with Crippen LogP contribution in [0.5, 0.6) is 0 Å². The SMILES string of the molecule is CN(C)c1cccc(C(=O)c2cccc3c2Nc2ccc(N(C)C)cc2S3)c1. The van der Waals surface area contributed by atoms with Gasteiger partial charge in [0.2, 0.25) is 0 Å². The molecule has 1 aliphatic heterocycles. The van der Waals surface area contributed by atoms with Gasteiger partial charge < -0.3 is 15.1 Å².